The summed E-state index contributed by atoms with van der Waals surface area (Å²) in [6.45, 7) is 1.30. The number of hydrogen-bond donors (Lipinski definition) is 3. The molecule has 32 heavy (non-hydrogen) atoms. The molecular weight excluding hydrogens is 407 g/mol. The molecule has 7 heteroatoms. The Morgan fingerprint density at radius 2 is 1.88 bits per heavy atom. The van der Waals surface area contributed by atoms with Crippen molar-refractivity contribution in [2.24, 2.45) is 0 Å². The highest BCUT2D eigenvalue weighted by Gasteiger charge is 2.28. The van der Waals surface area contributed by atoms with E-state index < -0.39 is 0 Å². The van der Waals surface area contributed by atoms with Gasteiger partial charge in [0.2, 0.25) is 5.56 Å². The number of benzene rings is 2. The topological polar surface area (TPSA) is 96.9 Å². The number of nitrogens with zero attached hydrogens (tertiary/aromatic N) is 1. The van der Waals surface area contributed by atoms with Crippen LogP contribution in [0.1, 0.15) is 30.0 Å². The number of nitrogen functional groups attached to an aromatic ring is 1. The first-order valence-corrected chi connectivity index (χ1v) is 10.6. The average Bonchev–Trinajstić information content (AvgIpc) is 3.13. The summed E-state index contributed by atoms with van der Waals surface area (Å²) in [7, 11) is 0. The van der Waals surface area contributed by atoms with E-state index in [1.54, 1.807) is 24.4 Å². The molecule has 1 saturated heterocycles. The SMILES string of the molecule is N=Cc1cc2c(cc1N)c(-c1cc[nH]c(=O)c1)c(C1CCOCC1)n2-c1ccc(F)cc1. The van der Waals surface area contributed by atoms with Crippen molar-refractivity contribution >= 4 is 22.8 Å². The van der Waals surface area contributed by atoms with Gasteiger partial charge in [0.1, 0.15) is 5.82 Å². The number of ether oxygens (including phenoxy) is 1. The number of pyridine rings is 1. The van der Waals surface area contributed by atoms with Crippen LogP contribution in [0.2, 0.25) is 0 Å². The van der Waals surface area contributed by atoms with Gasteiger partial charge < -0.3 is 25.4 Å². The van der Waals surface area contributed by atoms with Crippen LogP contribution < -0.4 is 11.3 Å². The van der Waals surface area contributed by atoms with Crippen LogP contribution in [0.25, 0.3) is 27.7 Å². The molecular formula is C25H23FN4O2. The fraction of sp³-hybridized carbons (Fsp3) is 0.200. The van der Waals surface area contributed by atoms with Gasteiger partial charge in [0.15, 0.2) is 0 Å². The quantitative estimate of drug-likeness (QED) is 0.326. The van der Waals surface area contributed by atoms with E-state index in [-0.39, 0.29) is 17.3 Å². The lowest BCUT2D eigenvalue weighted by atomic mass is 9.90. The van der Waals surface area contributed by atoms with Gasteiger partial charge in [0, 0.05) is 71.2 Å². The van der Waals surface area contributed by atoms with Gasteiger partial charge in [0.05, 0.1) is 5.52 Å². The lowest BCUT2D eigenvalue weighted by Gasteiger charge is -2.25. The van der Waals surface area contributed by atoms with Crippen LogP contribution in [-0.2, 0) is 4.74 Å². The van der Waals surface area contributed by atoms with Crippen molar-refractivity contribution in [1.29, 1.82) is 5.41 Å². The smallest absolute Gasteiger partial charge is 0.248 e. The number of aromatic amines is 1. The van der Waals surface area contributed by atoms with Crippen LogP contribution in [0.5, 0.6) is 0 Å². The minimum absolute atomic E-state index is 0.181. The number of nitrogens with two attached hydrogens (primary N) is 1. The summed E-state index contributed by atoms with van der Waals surface area (Å²) in [6, 6.07) is 13.6. The van der Waals surface area contributed by atoms with Crippen molar-refractivity contribution in [3.63, 3.8) is 0 Å². The summed E-state index contributed by atoms with van der Waals surface area (Å²) in [5, 5.41) is 8.68. The molecule has 1 aliphatic heterocycles. The Morgan fingerprint density at radius 3 is 2.56 bits per heavy atom. The van der Waals surface area contributed by atoms with E-state index in [0.717, 1.165) is 46.3 Å². The molecule has 0 atom stereocenters. The number of H-pyrrole nitrogens is 1. The maximum Gasteiger partial charge on any atom is 0.248 e. The molecule has 1 aliphatic rings. The van der Waals surface area contributed by atoms with Crippen molar-refractivity contribution in [1.82, 2.24) is 9.55 Å². The second kappa shape index (κ2) is 8.09. The summed E-state index contributed by atoms with van der Waals surface area (Å²) in [5.74, 6) is -0.128. The first kappa shape index (κ1) is 20.2. The predicted octanol–water partition coefficient (Wildman–Crippen LogP) is 4.60. The number of aromatic nitrogens is 2. The summed E-state index contributed by atoms with van der Waals surface area (Å²) >= 11 is 0. The number of nitrogens with one attached hydrogen (secondary N) is 2. The minimum atomic E-state index is -0.308. The molecule has 0 bridgehead atoms. The second-order valence-corrected chi connectivity index (χ2v) is 8.04. The van der Waals surface area contributed by atoms with E-state index in [2.05, 4.69) is 9.55 Å². The first-order chi connectivity index (χ1) is 15.6. The molecule has 2 aromatic carbocycles. The molecule has 0 aliphatic carbocycles. The van der Waals surface area contributed by atoms with Crippen molar-refractivity contribution in [3.05, 3.63) is 82.2 Å². The predicted molar refractivity (Wildman–Crippen MR) is 124 cm³/mol. The highest BCUT2D eigenvalue weighted by atomic mass is 19.1. The average molecular weight is 430 g/mol. The maximum atomic E-state index is 13.7. The minimum Gasteiger partial charge on any atom is -0.398 e. The van der Waals surface area contributed by atoms with Gasteiger partial charge in [-0.2, -0.15) is 0 Å². The normalized spacial score (nSPS) is 14.7. The van der Waals surface area contributed by atoms with Gasteiger partial charge in [0.25, 0.3) is 0 Å². The number of anilines is 1. The summed E-state index contributed by atoms with van der Waals surface area (Å²) in [6.07, 6.45) is 4.54. The van der Waals surface area contributed by atoms with Crippen LogP contribution in [0.4, 0.5) is 10.1 Å². The molecule has 162 valence electrons. The standard InChI is InChI=1S/C25H23FN4O2/c26-18-1-3-19(4-2-18)30-22-11-17(14-27)21(28)13-20(22)24(16-5-8-29-23(31)12-16)25(30)15-6-9-32-10-7-15/h1-5,8,11-15,27H,6-7,9-10,28H2,(H,29,31). The van der Waals surface area contributed by atoms with Gasteiger partial charge in [-0.1, -0.05) is 0 Å². The Labute approximate surface area is 184 Å². The Hall–Kier alpha value is -3.71. The summed E-state index contributed by atoms with van der Waals surface area (Å²) < 4.78 is 21.5. The highest BCUT2D eigenvalue weighted by Crippen LogP contribution is 2.44. The third-order valence-electron chi connectivity index (χ3n) is 6.12. The largest absolute Gasteiger partial charge is 0.398 e. The van der Waals surface area contributed by atoms with Gasteiger partial charge in [-0.15, -0.1) is 0 Å². The Balaban J connectivity index is 1.93. The maximum absolute atomic E-state index is 13.7. The monoisotopic (exact) mass is 430 g/mol. The van der Waals surface area contributed by atoms with Gasteiger partial charge in [-0.3, -0.25) is 4.79 Å². The van der Waals surface area contributed by atoms with Gasteiger partial charge in [-0.05, 0) is 60.9 Å². The molecule has 4 aromatic rings. The summed E-state index contributed by atoms with van der Waals surface area (Å²) in [5.41, 5.74) is 11.6. The molecule has 4 N–H and O–H groups in total. The van der Waals surface area contributed by atoms with Crippen molar-refractivity contribution in [2.75, 3.05) is 18.9 Å². The van der Waals surface area contributed by atoms with Crippen molar-refractivity contribution in [2.45, 2.75) is 18.8 Å². The number of fused-ring (bicyclic) bond motifs is 1. The zero-order valence-electron chi connectivity index (χ0n) is 17.4. The van der Waals surface area contributed by atoms with Gasteiger partial charge >= 0.3 is 0 Å². The van der Waals surface area contributed by atoms with E-state index in [0.29, 0.717) is 24.5 Å². The zero-order chi connectivity index (χ0) is 22.2. The third-order valence-corrected chi connectivity index (χ3v) is 6.12. The van der Waals surface area contributed by atoms with Crippen molar-refractivity contribution < 1.29 is 9.13 Å². The molecule has 0 spiro atoms. The Kier molecular flexibility index (Phi) is 5.11. The second-order valence-electron chi connectivity index (χ2n) is 8.04. The Morgan fingerprint density at radius 1 is 1.12 bits per heavy atom. The van der Waals surface area contributed by atoms with Crippen LogP contribution in [0.15, 0.2) is 59.5 Å². The van der Waals surface area contributed by atoms with E-state index in [9.17, 15) is 9.18 Å². The summed E-state index contributed by atoms with van der Waals surface area (Å²) in [4.78, 5) is 14.9. The molecule has 0 radical (unpaired) electrons. The first-order valence-electron chi connectivity index (χ1n) is 10.6. The molecule has 2 aromatic heterocycles. The molecule has 0 saturated carbocycles. The molecule has 5 rings (SSSR count). The van der Waals surface area contributed by atoms with Crippen LogP contribution in [-0.4, -0.2) is 29.0 Å². The van der Waals surface area contributed by atoms with Gasteiger partial charge in [-0.25, -0.2) is 4.39 Å². The van der Waals surface area contributed by atoms with Crippen LogP contribution in [0.3, 0.4) is 0 Å². The number of hydrogen-bond acceptors (Lipinski definition) is 4. The molecule has 0 amide bonds. The lowest BCUT2D eigenvalue weighted by molar-refractivity contribution is 0.0843. The molecule has 1 fully saturated rings. The third kappa shape index (κ3) is 3.40. The molecule has 3 heterocycles. The fourth-order valence-electron chi connectivity index (χ4n) is 4.64. The van der Waals surface area contributed by atoms with E-state index in [1.807, 2.05) is 18.2 Å². The van der Waals surface area contributed by atoms with E-state index in [4.69, 9.17) is 15.9 Å². The Bertz CT molecular complexity index is 1370. The van der Waals surface area contributed by atoms with Crippen molar-refractivity contribution in [3.8, 4) is 16.8 Å². The van der Waals surface area contributed by atoms with E-state index in [1.165, 1.54) is 18.3 Å². The highest BCUT2D eigenvalue weighted by molar-refractivity contribution is 6.04. The fourth-order valence-corrected chi connectivity index (χ4v) is 4.64. The number of halogens is 1. The zero-order valence-corrected chi connectivity index (χ0v) is 17.4. The molecule has 6 nitrogen and oxygen atoms in total. The lowest BCUT2D eigenvalue weighted by Crippen LogP contribution is -2.17. The van der Waals surface area contributed by atoms with Crippen LogP contribution in [0, 0.1) is 11.2 Å². The molecule has 0 unspecified atom stereocenters. The number of rotatable bonds is 4. The van der Waals surface area contributed by atoms with E-state index >= 15 is 0 Å². The van der Waals surface area contributed by atoms with Crippen LogP contribution >= 0.6 is 0 Å².